The molecule has 0 amide bonds. The minimum atomic E-state index is -0.304. The number of carbonyl (C=O) groups excluding carboxylic acids is 2. The molecule has 10 nitrogen and oxygen atoms in total. The Morgan fingerprint density at radius 2 is 1.20 bits per heavy atom. The van der Waals surface area contributed by atoms with Gasteiger partial charge in [0.2, 0.25) is 0 Å². The van der Waals surface area contributed by atoms with Crippen LogP contribution < -0.4 is 0 Å². The number of carbonyl (C=O) groups is 2. The van der Waals surface area contributed by atoms with Gasteiger partial charge in [-0.05, 0) is 143 Å². The summed E-state index contributed by atoms with van der Waals surface area (Å²) in [5.41, 5.74) is 5.98. The topological polar surface area (TPSA) is 110 Å². The third-order valence-electron chi connectivity index (χ3n) is 12.0. The number of nitrogens with one attached hydrogen (secondary N) is 1. The number of alkyl halides is 1. The summed E-state index contributed by atoms with van der Waals surface area (Å²) in [7, 11) is 2.83. The van der Waals surface area contributed by atoms with Crippen LogP contribution in [-0.2, 0) is 35.0 Å². The highest BCUT2D eigenvalue weighted by molar-refractivity contribution is 9.10. The van der Waals surface area contributed by atoms with E-state index in [1.165, 1.54) is 113 Å². The van der Waals surface area contributed by atoms with Crippen LogP contribution in [0.5, 0.6) is 0 Å². The lowest BCUT2D eigenvalue weighted by Gasteiger charge is -2.23. The monoisotopic (exact) mass is 1010 g/mol. The molecule has 2 unspecified atom stereocenters. The molecule has 2 saturated carbocycles. The molecule has 4 aromatic rings. The normalized spacial score (nSPS) is 20.4. The van der Waals surface area contributed by atoms with Crippen LogP contribution in [0.4, 0.5) is 0 Å². The fourth-order valence-electron chi connectivity index (χ4n) is 8.95. The summed E-state index contributed by atoms with van der Waals surface area (Å²) in [6.45, 7) is 3.71. The number of halogens is 3. The standard InChI is InChI=1S/C23H30BrNO4.C16H18BrNO2.C7H13BrO2/c1-27-23(26)17-10-11-18-19(15-17)25(12-14-29-20-9-5-6-13-28-20)22(24)21(18)16-7-3-2-4-8-16;1-20-16(19)11-7-8-12-13(9-11)18-15(17)14(12)10-5-3-2-4-6-10;8-4-6-10-7-3-1-2-5-9-7/h10-11,15-16,20H,2-9,12-14H2,1H3;7-10,18H,2-6H2,1H3;7H,1-6H2. The van der Waals surface area contributed by atoms with E-state index in [0.717, 1.165) is 71.1 Å². The third kappa shape index (κ3) is 12.4. The van der Waals surface area contributed by atoms with E-state index in [1.807, 2.05) is 30.3 Å². The van der Waals surface area contributed by atoms with Crippen molar-refractivity contribution in [2.75, 3.05) is 46.0 Å². The van der Waals surface area contributed by atoms with E-state index >= 15 is 0 Å². The minimum Gasteiger partial charge on any atom is -0.465 e. The number of rotatable bonds is 11. The maximum absolute atomic E-state index is 12.1. The predicted molar refractivity (Wildman–Crippen MR) is 243 cm³/mol. The zero-order valence-corrected chi connectivity index (χ0v) is 39.4. The molecular formula is C46H61Br3N2O8. The molecule has 2 aromatic carbocycles. The van der Waals surface area contributed by atoms with Crippen LogP contribution in [0.2, 0.25) is 0 Å². The number of hydrogen-bond donors (Lipinski definition) is 1. The molecule has 2 aliphatic heterocycles. The Labute approximate surface area is 374 Å². The van der Waals surface area contributed by atoms with Crippen molar-refractivity contribution in [3.63, 3.8) is 0 Å². The van der Waals surface area contributed by atoms with Crippen molar-refractivity contribution >= 4 is 81.5 Å². The van der Waals surface area contributed by atoms with Gasteiger partial charge in [0.15, 0.2) is 12.6 Å². The van der Waals surface area contributed by atoms with E-state index in [4.69, 9.17) is 28.4 Å². The molecule has 2 aromatic heterocycles. The Kier molecular flexibility index (Phi) is 18.7. The highest BCUT2D eigenvalue weighted by Crippen LogP contribution is 2.43. The van der Waals surface area contributed by atoms with Crippen molar-refractivity contribution in [3.8, 4) is 0 Å². The van der Waals surface area contributed by atoms with Crippen molar-refractivity contribution in [1.29, 1.82) is 0 Å². The summed E-state index contributed by atoms with van der Waals surface area (Å²) < 4.78 is 36.5. The average Bonchev–Trinajstić information content (AvgIpc) is 3.77. The first-order chi connectivity index (χ1) is 28.8. The number of fused-ring (bicyclic) bond motifs is 2. The van der Waals surface area contributed by atoms with Gasteiger partial charge >= 0.3 is 11.9 Å². The van der Waals surface area contributed by atoms with Crippen LogP contribution >= 0.6 is 47.8 Å². The van der Waals surface area contributed by atoms with Gasteiger partial charge in [0, 0.05) is 41.4 Å². The van der Waals surface area contributed by atoms with Gasteiger partial charge < -0.3 is 38.0 Å². The van der Waals surface area contributed by atoms with E-state index in [-0.39, 0.29) is 24.5 Å². The first-order valence-corrected chi connectivity index (χ1v) is 24.3. The molecule has 4 fully saturated rings. The first kappa shape index (κ1) is 46.2. The fraction of sp³-hybridized carbons (Fsp3) is 0.609. The molecule has 2 atom stereocenters. The van der Waals surface area contributed by atoms with Crippen molar-refractivity contribution in [2.45, 2.75) is 134 Å². The second kappa shape index (κ2) is 23.8. The van der Waals surface area contributed by atoms with Gasteiger partial charge in [-0.3, -0.25) is 0 Å². The lowest BCUT2D eigenvalue weighted by atomic mass is 9.84. The Morgan fingerprint density at radius 3 is 1.75 bits per heavy atom. The maximum atomic E-state index is 12.1. The van der Waals surface area contributed by atoms with Crippen LogP contribution in [0.3, 0.4) is 0 Å². The Morgan fingerprint density at radius 1 is 0.678 bits per heavy atom. The Balaban J connectivity index is 0.000000168. The SMILES string of the molecule is BrCCOC1CCCCO1.COC(=O)c1ccc2c(C3CCCCC3)c(Br)[nH]c2c1.COC(=O)c1ccc2c(C3CCCCC3)c(Br)n(CCOC3CCCCO3)c2c1. The Bertz CT molecular complexity index is 1940. The molecular weight excluding hydrogens is 948 g/mol. The molecule has 0 bridgehead atoms. The summed E-state index contributed by atoms with van der Waals surface area (Å²) in [5.74, 6) is 0.586. The summed E-state index contributed by atoms with van der Waals surface area (Å²) in [4.78, 5) is 27.1. The number of benzene rings is 2. The maximum Gasteiger partial charge on any atom is 0.337 e. The number of methoxy groups -OCH3 is 2. The van der Waals surface area contributed by atoms with Gasteiger partial charge in [0.1, 0.15) is 0 Å². The third-order valence-corrected chi connectivity index (χ3v) is 13.8. The van der Waals surface area contributed by atoms with Crippen LogP contribution in [0, 0.1) is 0 Å². The molecule has 2 saturated heterocycles. The zero-order valence-electron chi connectivity index (χ0n) is 34.7. The van der Waals surface area contributed by atoms with Crippen LogP contribution in [0.15, 0.2) is 45.6 Å². The average molecular weight is 1010 g/mol. The summed E-state index contributed by atoms with van der Waals surface area (Å²) in [5, 5.41) is 3.34. The minimum absolute atomic E-state index is 0.0753. The van der Waals surface area contributed by atoms with E-state index in [9.17, 15) is 9.59 Å². The zero-order chi connectivity index (χ0) is 41.6. The van der Waals surface area contributed by atoms with Crippen molar-refractivity contribution in [3.05, 3.63) is 67.9 Å². The second-order valence-electron chi connectivity index (χ2n) is 15.9. The Hall–Kier alpha value is -2.26. The molecule has 324 valence electrons. The summed E-state index contributed by atoms with van der Waals surface area (Å²) in [6, 6.07) is 11.7. The lowest BCUT2D eigenvalue weighted by molar-refractivity contribution is -0.163. The quantitative estimate of drug-likeness (QED) is 0.117. The van der Waals surface area contributed by atoms with Gasteiger partial charge in [-0.25, -0.2) is 9.59 Å². The molecule has 13 heteroatoms. The van der Waals surface area contributed by atoms with Crippen molar-refractivity contribution in [1.82, 2.24) is 9.55 Å². The number of nitrogens with zero attached hydrogens (tertiary/aromatic N) is 1. The molecule has 2 aliphatic carbocycles. The second-order valence-corrected chi connectivity index (χ2v) is 18.2. The van der Waals surface area contributed by atoms with E-state index < -0.39 is 0 Å². The number of ether oxygens (including phenoxy) is 6. The van der Waals surface area contributed by atoms with Crippen molar-refractivity contribution < 1.29 is 38.0 Å². The van der Waals surface area contributed by atoms with Gasteiger partial charge in [0.25, 0.3) is 0 Å². The fourth-order valence-corrected chi connectivity index (χ4v) is 10.8. The summed E-state index contributed by atoms with van der Waals surface area (Å²) >= 11 is 10.8. The highest BCUT2D eigenvalue weighted by Gasteiger charge is 2.26. The molecule has 8 rings (SSSR count). The number of aromatic amines is 1. The first-order valence-electron chi connectivity index (χ1n) is 21.6. The van der Waals surface area contributed by atoms with Gasteiger partial charge in [-0.2, -0.15) is 0 Å². The van der Waals surface area contributed by atoms with E-state index in [1.54, 1.807) is 0 Å². The van der Waals surface area contributed by atoms with E-state index in [0.29, 0.717) is 36.1 Å². The summed E-state index contributed by atoms with van der Waals surface area (Å²) in [6.07, 6.45) is 19.6. The molecule has 1 N–H and O–H groups in total. The lowest BCUT2D eigenvalue weighted by Crippen LogP contribution is -2.24. The van der Waals surface area contributed by atoms with Crippen LogP contribution in [0.1, 0.15) is 146 Å². The molecule has 4 heterocycles. The van der Waals surface area contributed by atoms with Gasteiger partial charge in [-0.15, -0.1) is 0 Å². The molecule has 0 radical (unpaired) electrons. The number of aromatic nitrogens is 2. The largest absolute Gasteiger partial charge is 0.465 e. The smallest absolute Gasteiger partial charge is 0.337 e. The molecule has 0 spiro atoms. The van der Waals surface area contributed by atoms with Crippen LogP contribution in [-0.4, -0.2) is 80.0 Å². The van der Waals surface area contributed by atoms with Gasteiger partial charge in [-0.1, -0.05) is 66.6 Å². The van der Waals surface area contributed by atoms with E-state index in [2.05, 4.69) is 63.4 Å². The number of esters is 2. The van der Waals surface area contributed by atoms with Gasteiger partial charge in [0.05, 0.1) is 53.3 Å². The molecule has 59 heavy (non-hydrogen) atoms. The number of H-pyrrole nitrogens is 1. The molecule has 4 aliphatic rings. The number of hydrogen-bond acceptors (Lipinski definition) is 8. The van der Waals surface area contributed by atoms with Crippen LogP contribution in [0.25, 0.3) is 21.8 Å². The van der Waals surface area contributed by atoms with Crippen molar-refractivity contribution in [2.24, 2.45) is 0 Å². The predicted octanol–water partition coefficient (Wildman–Crippen LogP) is 12.5. The highest BCUT2D eigenvalue weighted by atomic mass is 79.9.